The molecule has 0 saturated carbocycles. The lowest BCUT2D eigenvalue weighted by molar-refractivity contribution is 0.144. The van der Waals surface area contributed by atoms with E-state index >= 15 is 0 Å². The molecule has 1 atom stereocenters. The fourth-order valence-electron chi connectivity index (χ4n) is 3.05. The van der Waals surface area contributed by atoms with Crippen LogP contribution in [-0.4, -0.2) is 69.8 Å². The second-order valence-electron chi connectivity index (χ2n) is 6.14. The molecule has 0 amide bonds. The molecule has 1 aliphatic rings. The summed E-state index contributed by atoms with van der Waals surface area (Å²) in [5.41, 5.74) is 1.30. The first-order valence-corrected chi connectivity index (χ1v) is 8.64. The number of rotatable bonds is 8. The first-order valence-electron chi connectivity index (χ1n) is 8.64. The minimum Gasteiger partial charge on any atom is -0.490 e. The monoisotopic (exact) mass is 321 g/mol. The average Bonchev–Trinajstić information content (AvgIpc) is 2.55. The van der Waals surface area contributed by atoms with E-state index in [1.807, 2.05) is 13.8 Å². The van der Waals surface area contributed by atoms with Gasteiger partial charge in [-0.05, 0) is 45.6 Å². The van der Waals surface area contributed by atoms with Crippen LogP contribution >= 0.6 is 0 Å². The van der Waals surface area contributed by atoms with Gasteiger partial charge in [0.25, 0.3) is 0 Å². The highest BCUT2D eigenvalue weighted by atomic mass is 16.5. The molecule has 1 aromatic carbocycles. The highest BCUT2D eigenvalue weighted by Crippen LogP contribution is 2.33. The molecule has 1 unspecified atom stereocenters. The molecule has 1 heterocycles. The van der Waals surface area contributed by atoms with E-state index < -0.39 is 0 Å². The molecule has 0 aromatic heterocycles. The molecule has 1 fully saturated rings. The van der Waals surface area contributed by atoms with Crippen LogP contribution in [0, 0.1) is 0 Å². The van der Waals surface area contributed by atoms with Gasteiger partial charge in [-0.25, -0.2) is 0 Å². The summed E-state index contributed by atoms with van der Waals surface area (Å²) >= 11 is 0. The van der Waals surface area contributed by atoms with Crippen LogP contribution in [0.15, 0.2) is 18.2 Å². The van der Waals surface area contributed by atoms with Crippen molar-refractivity contribution in [1.82, 2.24) is 15.1 Å². The van der Waals surface area contributed by atoms with Crippen molar-refractivity contribution in [2.75, 3.05) is 60.0 Å². The van der Waals surface area contributed by atoms with E-state index in [1.54, 1.807) is 0 Å². The number of likely N-dealkylation sites (N-methyl/N-ethyl adjacent to an activating group) is 1. The molecule has 1 saturated heterocycles. The van der Waals surface area contributed by atoms with Crippen molar-refractivity contribution in [3.63, 3.8) is 0 Å². The molecule has 5 heteroatoms. The largest absolute Gasteiger partial charge is 0.490 e. The SMILES string of the molecule is CCOc1ccc(C(CN(C)C)N2CCNCC2)cc1OCC. The molecule has 0 aliphatic carbocycles. The van der Waals surface area contributed by atoms with Crippen molar-refractivity contribution in [1.29, 1.82) is 0 Å². The Morgan fingerprint density at radius 3 is 2.35 bits per heavy atom. The van der Waals surface area contributed by atoms with Crippen molar-refractivity contribution in [3.8, 4) is 11.5 Å². The zero-order chi connectivity index (χ0) is 16.7. The highest BCUT2D eigenvalue weighted by Gasteiger charge is 2.24. The molecule has 130 valence electrons. The lowest BCUT2D eigenvalue weighted by Crippen LogP contribution is -2.47. The molecule has 0 bridgehead atoms. The van der Waals surface area contributed by atoms with Crippen molar-refractivity contribution in [2.45, 2.75) is 19.9 Å². The van der Waals surface area contributed by atoms with Crippen LogP contribution in [0.5, 0.6) is 11.5 Å². The van der Waals surface area contributed by atoms with E-state index in [4.69, 9.17) is 9.47 Å². The predicted molar refractivity (Wildman–Crippen MR) is 94.5 cm³/mol. The summed E-state index contributed by atoms with van der Waals surface area (Å²) in [7, 11) is 4.26. The van der Waals surface area contributed by atoms with E-state index in [-0.39, 0.29) is 0 Å². The molecule has 0 spiro atoms. The van der Waals surface area contributed by atoms with Gasteiger partial charge in [-0.15, -0.1) is 0 Å². The van der Waals surface area contributed by atoms with E-state index in [1.165, 1.54) is 5.56 Å². The number of ether oxygens (including phenoxy) is 2. The molecule has 1 N–H and O–H groups in total. The van der Waals surface area contributed by atoms with Gasteiger partial charge in [-0.3, -0.25) is 4.90 Å². The van der Waals surface area contributed by atoms with Gasteiger partial charge in [-0.1, -0.05) is 6.07 Å². The topological polar surface area (TPSA) is 37.0 Å². The standard InChI is InChI=1S/C18H31N3O2/c1-5-22-17-8-7-15(13-18(17)23-6-2)16(14-20(3)4)21-11-9-19-10-12-21/h7-8,13,16,19H,5-6,9-12,14H2,1-4H3. The minimum absolute atomic E-state index is 0.377. The summed E-state index contributed by atoms with van der Waals surface area (Å²) in [6.07, 6.45) is 0. The molecule has 1 aromatic rings. The van der Waals surface area contributed by atoms with Crippen LogP contribution in [0.4, 0.5) is 0 Å². The summed E-state index contributed by atoms with van der Waals surface area (Å²) in [6.45, 7) is 10.6. The number of hydrogen-bond acceptors (Lipinski definition) is 5. The zero-order valence-corrected chi connectivity index (χ0v) is 15.0. The Bertz CT molecular complexity index is 473. The van der Waals surface area contributed by atoms with E-state index in [0.29, 0.717) is 19.3 Å². The summed E-state index contributed by atoms with van der Waals surface area (Å²) in [5.74, 6) is 1.69. The molecular weight excluding hydrogens is 290 g/mol. The smallest absolute Gasteiger partial charge is 0.161 e. The summed E-state index contributed by atoms with van der Waals surface area (Å²) in [6, 6.07) is 6.77. The van der Waals surface area contributed by atoms with E-state index in [2.05, 4.69) is 47.4 Å². The predicted octanol–water partition coefficient (Wildman–Crippen LogP) is 1.99. The second-order valence-corrected chi connectivity index (χ2v) is 6.14. The molecular formula is C18H31N3O2. The Morgan fingerprint density at radius 2 is 1.74 bits per heavy atom. The lowest BCUT2D eigenvalue weighted by atomic mass is 10.0. The Kier molecular flexibility index (Phi) is 7.15. The van der Waals surface area contributed by atoms with Crippen molar-refractivity contribution in [3.05, 3.63) is 23.8 Å². The summed E-state index contributed by atoms with van der Waals surface area (Å²) in [5, 5.41) is 3.43. The van der Waals surface area contributed by atoms with E-state index in [9.17, 15) is 0 Å². The van der Waals surface area contributed by atoms with Gasteiger partial charge in [0.2, 0.25) is 0 Å². The van der Waals surface area contributed by atoms with Crippen LogP contribution in [0.25, 0.3) is 0 Å². The summed E-state index contributed by atoms with van der Waals surface area (Å²) < 4.78 is 11.5. The van der Waals surface area contributed by atoms with Gasteiger partial charge in [0.1, 0.15) is 0 Å². The van der Waals surface area contributed by atoms with Crippen LogP contribution in [-0.2, 0) is 0 Å². The minimum atomic E-state index is 0.377. The molecule has 23 heavy (non-hydrogen) atoms. The third-order valence-corrected chi connectivity index (χ3v) is 4.08. The maximum Gasteiger partial charge on any atom is 0.161 e. The van der Waals surface area contributed by atoms with Crippen molar-refractivity contribution >= 4 is 0 Å². The van der Waals surface area contributed by atoms with Gasteiger partial charge in [-0.2, -0.15) is 0 Å². The Labute approximate surface area is 140 Å². The quantitative estimate of drug-likeness (QED) is 0.792. The number of nitrogens with zero attached hydrogens (tertiary/aromatic N) is 2. The van der Waals surface area contributed by atoms with Gasteiger partial charge in [0.05, 0.1) is 13.2 Å². The Hall–Kier alpha value is -1.30. The summed E-state index contributed by atoms with van der Waals surface area (Å²) in [4.78, 5) is 4.81. The maximum atomic E-state index is 5.80. The van der Waals surface area contributed by atoms with Gasteiger partial charge < -0.3 is 19.7 Å². The number of hydrogen-bond donors (Lipinski definition) is 1. The third-order valence-electron chi connectivity index (χ3n) is 4.08. The van der Waals surface area contributed by atoms with Gasteiger partial charge in [0, 0.05) is 38.8 Å². The average molecular weight is 321 g/mol. The number of piperazine rings is 1. The molecule has 1 aliphatic heterocycles. The first-order chi connectivity index (χ1) is 11.2. The maximum absolute atomic E-state index is 5.80. The first kappa shape index (κ1) is 18.0. The Balaban J connectivity index is 2.27. The molecule has 2 rings (SSSR count). The Morgan fingerprint density at radius 1 is 1.09 bits per heavy atom. The number of nitrogens with one attached hydrogen (secondary N) is 1. The third kappa shape index (κ3) is 5.09. The highest BCUT2D eigenvalue weighted by molar-refractivity contribution is 5.44. The van der Waals surface area contributed by atoms with Crippen LogP contribution in [0.3, 0.4) is 0 Å². The number of benzene rings is 1. The zero-order valence-electron chi connectivity index (χ0n) is 15.0. The fourth-order valence-corrected chi connectivity index (χ4v) is 3.05. The van der Waals surface area contributed by atoms with Gasteiger partial charge >= 0.3 is 0 Å². The van der Waals surface area contributed by atoms with Gasteiger partial charge in [0.15, 0.2) is 11.5 Å². The lowest BCUT2D eigenvalue weighted by Gasteiger charge is -2.36. The van der Waals surface area contributed by atoms with E-state index in [0.717, 1.165) is 44.2 Å². The van der Waals surface area contributed by atoms with Crippen LogP contribution in [0.1, 0.15) is 25.5 Å². The molecule has 5 nitrogen and oxygen atoms in total. The van der Waals surface area contributed by atoms with Crippen LogP contribution in [0.2, 0.25) is 0 Å². The normalized spacial score (nSPS) is 17.3. The fraction of sp³-hybridized carbons (Fsp3) is 0.667. The van der Waals surface area contributed by atoms with Crippen LogP contribution < -0.4 is 14.8 Å². The van der Waals surface area contributed by atoms with Crippen molar-refractivity contribution in [2.24, 2.45) is 0 Å². The second kappa shape index (κ2) is 9.11. The van der Waals surface area contributed by atoms with Crippen molar-refractivity contribution < 1.29 is 9.47 Å². The molecule has 0 radical (unpaired) electrons.